The molecule has 2 aromatic carbocycles. The van der Waals surface area contributed by atoms with E-state index in [0.29, 0.717) is 6.42 Å². The number of nitrogens with one attached hydrogen (secondary N) is 2. The molecule has 2 atom stereocenters. The van der Waals surface area contributed by atoms with Crippen LogP contribution in [0.15, 0.2) is 48.5 Å². The number of ether oxygens (including phenoxy) is 1. The molecule has 0 aliphatic heterocycles. The maximum Gasteiger partial charge on any atom is 0.407 e. The van der Waals surface area contributed by atoms with Crippen molar-refractivity contribution in [3.8, 4) is 11.1 Å². The first-order valence-corrected chi connectivity index (χ1v) is 13.5. The van der Waals surface area contributed by atoms with E-state index in [0.717, 1.165) is 28.5 Å². The van der Waals surface area contributed by atoms with Crippen LogP contribution < -0.4 is 10.6 Å². The van der Waals surface area contributed by atoms with Crippen LogP contribution in [0.1, 0.15) is 43.2 Å². The van der Waals surface area contributed by atoms with Crippen LogP contribution in [0.3, 0.4) is 0 Å². The van der Waals surface area contributed by atoms with E-state index in [-0.39, 0.29) is 31.1 Å². The Hall–Kier alpha value is -3.40. The summed E-state index contributed by atoms with van der Waals surface area (Å²) in [7, 11) is -3.37. The van der Waals surface area contributed by atoms with Gasteiger partial charge in [-0.15, -0.1) is 0 Å². The van der Waals surface area contributed by atoms with Gasteiger partial charge in [0.15, 0.2) is 0 Å². The number of rotatable bonds is 11. The molecule has 2 aromatic rings. The maximum absolute atomic E-state index is 12.5. The fourth-order valence-electron chi connectivity index (χ4n) is 4.17. The predicted molar refractivity (Wildman–Crippen MR) is 131 cm³/mol. The summed E-state index contributed by atoms with van der Waals surface area (Å²) < 4.78 is 28.1. The highest BCUT2D eigenvalue weighted by atomic mass is 32.2. The molecule has 2 amide bonds. The first-order chi connectivity index (χ1) is 16.6. The summed E-state index contributed by atoms with van der Waals surface area (Å²) in [5, 5.41) is 14.3. The fourth-order valence-corrected chi connectivity index (χ4v) is 4.83. The SMILES string of the molecule is CC[C@H](CC(=O)NC(CCS(C)(=O)=O)C(=O)O)NC(=O)OCC1c2ccccc2-c2ccccc21. The van der Waals surface area contributed by atoms with Gasteiger partial charge in [0, 0.05) is 24.6 Å². The number of sulfone groups is 1. The molecule has 0 saturated carbocycles. The van der Waals surface area contributed by atoms with Crippen molar-refractivity contribution in [3.05, 3.63) is 59.7 Å². The lowest BCUT2D eigenvalue weighted by Crippen LogP contribution is -2.45. The minimum atomic E-state index is -3.37. The van der Waals surface area contributed by atoms with Crippen LogP contribution in [-0.2, 0) is 24.2 Å². The third kappa shape index (κ3) is 7.05. The largest absolute Gasteiger partial charge is 0.480 e. The summed E-state index contributed by atoms with van der Waals surface area (Å²) >= 11 is 0. The molecule has 0 aromatic heterocycles. The van der Waals surface area contributed by atoms with Gasteiger partial charge in [-0.1, -0.05) is 55.5 Å². The van der Waals surface area contributed by atoms with Crippen molar-refractivity contribution in [1.29, 1.82) is 0 Å². The molecule has 9 nitrogen and oxygen atoms in total. The van der Waals surface area contributed by atoms with Crippen LogP contribution in [-0.4, -0.2) is 62.2 Å². The fraction of sp³-hybridized carbons (Fsp3) is 0.400. The third-order valence-electron chi connectivity index (χ3n) is 6.00. The van der Waals surface area contributed by atoms with Crippen LogP contribution in [0.4, 0.5) is 4.79 Å². The molecule has 0 saturated heterocycles. The lowest BCUT2D eigenvalue weighted by atomic mass is 9.98. The van der Waals surface area contributed by atoms with Gasteiger partial charge in [-0.05, 0) is 35.1 Å². The van der Waals surface area contributed by atoms with Gasteiger partial charge in [0.2, 0.25) is 5.91 Å². The number of alkyl carbamates (subject to hydrolysis) is 1. The normalized spacial score (nSPS) is 14.3. The molecule has 0 fully saturated rings. The average molecular weight is 503 g/mol. The van der Waals surface area contributed by atoms with E-state index in [2.05, 4.69) is 10.6 Å². The Morgan fingerprint density at radius 3 is 2.09 bits per heavy atom. The molecule has 0 bridgehead atoms. The smallest absolute Gasteiger partial charge is 0.407 e. The van der Waals surface area contributed by atoms with Crippen molar-refractivity contribution >= 4 is 27.8 Å². The summed E-state index contributed by atoms with van der Waals surface area (Å²) in [6, 6.07) is 14.1. The lowest BCUT2D eigenvalue weighted by molar-refractivity contribution is -0.141. The Balaban J connectivity index is 1.54. The molecule has 1 aliphatic carbocycles. The number of fused-ring (bicyclic) bond motifs is 3. The van der Waals surface area contributed by atoms with Gasteiger partial charge in [0.05, 0.1) is 5.75 Å². The number of carbonyl (C=O) groups excluding carboxylic acids is 2. The molecule has 1 aliphatic rings. The van der Waals surface area contributed by atoms with Crippen LogP contribution in [0.2, 0.25) is 0 Å². The van der Waals surface area contributed by atoms with Crippen LogP contribution >= 0.6 is 0 Å². The zero-order chi connectivity index (χ0) is 25.6. The highest BCUT2D eigenvalue weighted by molar-refractivity contribution is 7.90. The number of carboxylic acid groups (broad SMARTS) is 1. The van der Waals surface area contributed by atoms with Crippen molar-refractivity contribution in [2.24, 2.45) is 0 Å². The van der Waals surface area contributed by atoms with Gasteiger partial charge in [-0.3, -0.25) is 4.79 Å². The quantitative estimate of drug-likeness (QED) is 0.429. The van der Waals surface area contributed by atoms with E-state index in [1.165, 1.54) is 0 Å². The summed E-state index contributed by atoms with van der Waals surface area (Å²) in [5.74, 6) is -2.38. The van der Waals surface area contributed by atoms with Crippen LogP contribution in [0.25, 0.3) is 11.1 Å². The van der Waals surface area contributed by atoms with Gasteiger partial charge < -0.3 is 20.5 Å². The Morgan fingerprint density at radius 2 is 1.57 bits per heavy atom. The maximum atomic E-state index is 12.5. The molecule has 35 heavy (non-hydrogen) atoms. The van der Waals surface area contributed by atoms with Crippen molar-refractivity contribution in [3.63, 3.8) is 0 Å². The van der Waals surface area contributed by atoms with Gasteiger partial charge in [0.25, 0.3) is 0 Å². The minimum absolute atomic E-state index is 0.0947. The van der Waals surface area contributed by atoms with E-state index in [9.17, 15) is 27.9 Å². The monoisotopic (exact) mass is 502 g/mol. The molecule has 3 N–H and O–H groups in total. The molecule has 0 heterocycles. The second kappa shape index (κ2) is 11.4. The van der Waals surface area contributed by atoms with Crippen molar-refractivity contribution in [2.45, 2.75) is 44.2 Å². The third-order valence-corrected chi connectivity index (χ3v) is 6.98. The zero-order valence-corrected chi connectivity index (χ0v) is 20.5. The molecular formula is C25H30N2O7S. The molecule has 0 spiro atoms. The van der Waals surface area contributed by atoms with Gasteiger partial charge in [0.1, 0.15) is 22.5 Å². The summed E-state index contributed by atoms with van der Waals surface area (Å²) in [6.45, 7) is 1.91. The Bertz CT molecular complexity index is 1150. The standard InChI is InChI=1S/C25H30N2O7S/c1-3-16(14-23(28)27-22(24(29)30)12-13-35(2,32)33)26-25(31)34-15-21-19-10-6-4-8-17(19)18-9-5-7-11-20(18)21/h4-11,16,21-22H,3,12-15H2,1-2H3,(H,26,31)(H,27,28)(H,29,30)/t16-,22?/m1/s1. The van der Waals surface area contributed by atoms with E-state index in [1.807, 2.05) is 48.5 Å². The first-order valence-electron chi connectivity index (χ1n) is 11.4. The van der Waals surface area contributed by atoms with Gasteiger partial charge >= 0.3 is 12.1 Å². The molecule has 0 radical (unpaired) electrons. The Morgan fingerprint density at radius 1 is 1.00 bits per heavy atom. The summed E-state index contributed by atoms with van der Waals surface area (Å²) in [4.78, 5) is 36.2. The average Bonchev–Trinajstić information content (AvgIpc) is 3.13. The number of amides is 2. The van der Waals surface area contributed by atoms with Gasteiger partial charge in [-0.25, -0.2) is 18.0 Å². The van der Waals surface area contributed by atoms with Crippen molar-refractivity contribution < 1.29 is 32.6 Å². The van der Waals surface area contributed by atoms with Crippen molar-refractivity contribution in [2.75, 3.05) is 18.6 Å². The highest BCUT2D eigenvalue weighted by Crippen LogP contribution is 2.44. The topological polar surface area (TPSA) is 139 Å². The number of carbonyl (C=O) groups is 3. The summed E-state index contributed by atoms with van der Waals surface area (Å²) in [5.41, 5.74) is 4.40. The van der Waals surface area contributed by atoms with Crippen LogP contribution in [0, 0.1) is 0 Å². The predicted octanol–water partition coefficient (Wildman–Crippen LogP) is 2.70. The number of aliphatic carboxylic acids is 1. The number of hydrogen-bond acceptors (Lipinski definition) is 6. The zero-order valence-electron chi connectivity index (χ0n) is 19.7. The van der Waals surface area contributed by atoms with Crippen LogP contribution in [0.5, 0.6) is 0 Å². The van der Waals surface area contributed by atoms with E-state index in [4.69, 9.17) is 4.74 Å². The molecule has 188 valence electrons. The lowest BCUT2D eigenvalue weighted by Gasteiger charge is -2.20. The molecule has 3 rings (SSSR count). The highest BCUT2D eigenvalue weighted by Gasteiger charge is 2.29. The van der Waals surface area contributed by atoms with E-state index >= 15 is 0 Å². The number of hydrogen-bond donors (Lipinski definition) is 3. The molecule has 10 heteroatoms. The molecule has 1 unspecified atom stereocenters. The first kappa shape index (κ1) is 26.2. The second-order valence-electron chi connectivity index (χ2n) is 8.66. The van der Waals surface area contributed by atoms with E-state index < -0.39 is 39.9 Å². The minimum Gasteiger partial charge on any atom is -0.480 e. The number of carboxylic acids is 1. The Kier molecular flexibility index (Phi) is 8.50. The van der Waals surface area contributed by atoms with Crippen molar-refractivity contribution in [1.82, 2.24) is 10.6 Å². The Labute approximate surface area is 204 Å². The number of benzene rings is 2. The summed E-state index contributed by atoms with van der Waals surface area (Å²) in [6.07, 6.45) is 0.343. The van der Waals surface area contributed by atoms with E-state index in [1.54, 1.807) is 6.92 Å². The molecular weight excluding hydrogens is 472 g/mol. The van der Waals surface area contributed by atoms with Gasteiger partial charge in [-0.2, -0.15) is 0 Å². The second-order valence-corrected chi connectivity index (χ2v) is 10.9.